The molecule has 1 fully saturated rings. The summed E-state index contributed by atoms with van der Waals surface area (Å²) in [5.41, 5.74) is 1.57. The van der Waals surface area contributed by atoms with E-state index in [9.17, 15) is 9.18 Å². The Morgan fingerprint density at radius 1 is 1.61 bits per heavy atom. The lowest BCUT2D eigenvalue weighted by atomic mass is 10.2. The third-order valence-electron chi connectivity index (χ3n) is 3.79. The number of likely N-dealkylation sites (tertiary alicyclic amines) is 1. The van der Waals surface area contributed by atoms with E-state index >= 15 is 0 Å². The van der Waals surface area contributed by atoms with E-state index in [-0.39, 0.29) is 12.1 Å². The van der Waals surface area contributed by atoms with Crippen LogP contribution in [0.5, 0.6) is 0 Å². The van der Waals surface area contributed by atoms with Gasteiger partial charge >= 0.3 is 6.03 Å². The first-order valence-electron chi connectivity index (χ1n) is 7.47. The fraction of sp³-hybridized carbons (Fsp3) is 0.467. The Hall–Kier alpha value is -1.93. The number of carbonyl (C=O) groups is 1. The first kappa shape index (κ1) is 15.9. The molecule has 1 aliphatic heterocycles. The van der Waals surface area contributed by atoms with E-state index in [4.69, 9.17) is 4.52 Å². The molecule has 1 saturated heterocycles. The molecule has 0 aliphatic carbocycles. The highest BCUT2D eigenvalue weighted by Gasteiger charge is 2.32. The quantitative estimate of drug-likeness (QED) is 0.879. The molecule has 0 spiro atoms. The standard InChI is InChI=1S/C15H19FN4O2S/c1-10-4-14(22-19-10)8-20-7-11(16)5-13(20)6-17-15(21)18-12-2-3-23-9-12/h2-4,9,11,13H,5-8H2,1H3,(H2,17,18,21)/t11-,13-/m0/s1. The predicted molar refractivity (Wildman–Crippen MR) is 86.3 cm³/mol. The number of urea groups is 1. The van der Waals surface area contributed by atoms with Crippen LogP contribution in [0.1, 0.15) is 17.9 Å². The van der Waals surface area contributed by atoms with E-state index in [0.717, 1.165) is 11.4 Å². The summed E-state index contributed by atoms with van der Waals surface area (Å²) in [7, 11) is 0. The molecule has 2 aromatic heterocycles. The van der Waals surface area contributed by atoms with Gasteiger partial charge in [0.1, 0.15) is 6.17 Å². The summed E-state index contributed by atoms with van der Waals surface area (Å²) in [6.45, 7) is 3.09. The van der Waals surface area contributed by atoms with Gasteiger partial charge in [-0.1, -0.05) is 5.16 Å². The Morgan fingerprint density at radius 2 is 2.48 bits per heavy atom. The molecule has 0 saturated carbocycles. The molecule has 2 N–H and O–H groups in total. The normalized spacial score (nSPS) is 21.5. The van der Waals surface area contributed by atoms with Crippen LogP contribution >= 0.6 is 11.3 Å². The van der Waals surface area contributed by atoms with Gasteiger partial charge in [-0.15, -0.1) is 0 Å². The fourth-order valence-corrected chi connectivity index (χ4v) is 3.33. The zero-order valence-corrected chi connectivity index (χ0v) is 13.6. The van der Waals surface area contributed by atoms with E-state index in [0.29, 0.717) is 31.8 Å². The van der Waals surface area contributed by atoms with Crippen molar-refractivity contribution in [1.29, 1.82) is 0 Å². The first-order valence-corrected chi connectivity index (χ1v) is 8.42. The van der Waals surface area contributed by atoms with Gasteiger partial charge in [0.05, 0.1) is 17.9 Å². The minimum Gasteiger partial charge on any atom is -0.360 e. The molecule has 8 heteroatoms. The summed E-state index contributed by atoms with van der Waals surface area (Å²) in [6, 6.07) is 3.35. The second-order valence-electron chi connectivity index (χ2n) is 5.70. The van der Waals surface area contributed by atoms with Crippen molar-refractivity contribution in [1.82, 2.24) is 15.4 Å². The second-order valence-corrected chi connectivity index (χ2v) is 6.48. The number of anilines is 1. The van der Waals surface area contributed by atoms with Crippen LogP contribution in [-0.2, 0) is 6.54 Å². The van der Waals surface area contributed by atoms with Crippen LogP contribution in [-0.4, -0.2) is 41.4 Å². The van der Waals surface area contributed by atoms with Crippen molar-refractivity contribution in [3.63, 3.8) is 0 Å². The lowest BCUT2D eigenvalue weighted by molar-refractivity contribution is 0.203. The molecule has 0 unspecified atom stereocenters. The molecule has 1 aliphatic rings. The van der Waals surface area contributed by atoms with Crippen molar-refractivity contribution in [2.75, 3.05) is 18.4 Å². The van der Waals surface area contributed by atoms with Crippen LogP contribution in [0.15, 0.2) is 27.4 Å². The van der Waals surface area contributed by atoms with Crippen LogP contribution in [0, 0.1) is 6.92 Å². The van der Waals surface area contributed by atoms with Crippen LogP contribution in [0.3, 0.4) is 0 Å². The highest BCUT2D eigenvalue weighted by atomic mass is 32.1. The molecule has 0 bridgehead atoms. The van der Waals surface area contributed by atoms with Crippen molar-refractivity contribution in [3.05, 3.63) is 34.3 Å². The van der Waals surface area contributed by atoms with E-state index in [1.807, 2.05) is 34.7 Å². The number of nitrogens with one attached hydrogen (secondary N) is 2. The zero-order valence-electron chi connectivity index (χ0n) is 12.8. The van der Waals surface area contributed by atoms with Gasteiger partial charge in [-0.3, -0.25) is 4.90 Å². The van der Waals surface area contributed by atoms with Crippen molar-refractivity contribution in [2.45, 2.75) is 32.1 Å². The van der Waals surface area contributed by atoms with Crippen molar-refractivity contribution in [3.8, 4) is 0 Å². The van der Waals surface area contributed by atoms with Crippen molar-refractivity contribution >= 4 is 23.1 Å². The second kappa shape index (κ2) is 7.10. The topological polar surface area (TPSA) is 70.4 Å². The van der Waals surface area contributed by atoms with Gasteiger partial charge in [0.15, 0.2) is 5.76 Å². The molecule has 2 atom stereocenters. The summed E-state index contributed by atoms with van der Waals surface area (Å²) < 4.78 is 18.9. The Balaban J connectivity index is 1.51. The lowest BCUT2D eigenvalue weighted by Crippen LogP contribution is -2.41. The molecule has 0 aromatic carbocycles. The summed E-state index contributed by atoms with van der Waals surface area (Å²) in [6.07, 6.45) is -0.475. The summed E-state index contributed by atoms with van der Waals surface area (Å²) in [5, 5.41) is 13.1. The largest absolute Gasteiger partial charge is 0.360 e. The van der Waals surface area contributed by atoms with Gasteiger partial charge < -0.3 is 15.2 Å². The SMILES string of the molecule is Cc1cc(CN2C[C@@H](F)C[C@H]2CNC(=O)Nc2ccsc2)on1. The van der Waals surface area contributed by atoms with E-state index in [1.54, 1.807) is 0 Å². The van der Waals surface area contributed by atoms with Crippen LogP contribution in [0.4, 0.5) is 14.9 Å². The number of aryl methyl sites for hydroxylation is 1. The molecule has 3 rings (SSSR count). The number of alkyl halides is 1. The Labute approximate surface area is 137 Å². The highest BCUT2D eigenvalue weighted by Crippen LogP contribution is 2.22. The Bertz CT molecular complexity index is 646. The molecule has 3 heterocycles. The molecule has 2 amide bonds. The van der Waals surface area contributed by atoms with Crippen molar-refractivity contribution < 1.29 is 13.7 Å². The number of carbonyl (C=O) groups excluding carboxylic acids is 1. The molecule has 0 radical (unpaired) electrons. The van der Waals surface area contributed by atoms with E-state index < -0.39 is 6.17 Å². The molecular formula is C15H19FN4O2S. The average molecular weight is 338 g/mol. The van der Waals surface area contributed by atoms with Gasteiger partial charge in [0.2, 0.25) is 0 Å². The number of amides is 2. The summed E-state index contributed by atoms with van der Waals surface area (Å²) in [4.78, 5) is 13.8. The number of aromatic nitrogens is 1. The van der Waals surface area contributed by atoms with Gasteiger partial charge in [0.25, 0.3) is 0 Å². The molecule has 6 nitrogen and oxygen atoms in total. The molecule has 124 valence electrons. The monoisotopic (exact) mass is 338 g/mol. The number of hydrogen-bond donors (Lipinski definition) is 2. The third kappa shape index (κ3) is 4.29. The number of halogens is 1. The maximum atomic E-state index is 13.7. The van der Waals surface area contributed by atoms with Gasteiger partial charge in [-0.2, -0.15) is 11.3 Å². The van der Waals surface area contributed by atoms with Crippen LogP contribution in [0.25, 0.3) is 0 Å². The lowest BCUT2D eigenvalue weighted by Gasteiger charge is -2.22. The number of hydrogen-bond acceptors (Lipinski definition) is 5. The van der Waals surface area contributed by atoms with Gasteiger partial charge in [0, 0.05) is 30.6 Å². The highest BCUT2D eigenvalue weighted by molar-refractivity contribution is 7.08. The van der Waals surface area contributed by atoms with Crippen LogP contribution < -0.4 is 10.6 Å². The molecular weight excluding hydrogens is 319 g/mol. The fourth-order valence-electron chi connectivity index (χ4n) is 2.74. The van der Waals surface area contributed by atoms with E-state index in [2.05, 4.69) is 15.8 Å². The summed E-state index contributed by atoms with van der Waals surface area (Å²) in [5.74, 6) is 0.712. The first-order chi connectivity index (χ1) is 11.1. The third-order valence-corrected chi connectivity index (χ3v) is 4.47. The Morgan fingerprint density at radius 3 is 3.17 bits per heavy atom. The maximum Gasteiger partial charge on any atom is 0.319 e. The number of nitrogens with zero attached hydrogens (tertiary/aromatic N) is 2. The number of rotatable bonds is 5. The zero-order chi connectivity index (χ0) is 16.2. The van der Waals surface area contributed by atoms with Crippen molar-refractivity contribution in [2.24, 2.45) is 0 Å². The predicted octanol–water partition coefficient (Wildman–Crippen LogP) is 2.78. The minimum atomic E-state index is -0.884. The molecule has 2 aromatic rings. The maximum absolute atomic E-state index is 13.7. The average Bonchev–Trinajstić information content (AvgIpc) is 3.21. The summed E-state index contributed by atoms with van der Waals surface area (Å²) >= 11 is 1.51. The van der Waals surface area contributed by atoms with Gasteiger partial charge in [-0.25, -0.2) is 9.18 Å². The van der Waals surface area contributed by atoms with E-state index in [1.165, 1.54) is 11.3 Å². The smallest absolute Gasteiger partial charge is 0.319 e. The van der Waals surface area contributed by atoms with Crippen LogP contribution in [0.2, 0.25) is 0 Å². The minimum absolute atomic E-state index is 0.0522. The van der Waals surface area contributed by atoms with Gasteiger partial charge in [-0.05, 0) is 24.8 Å². The molecule has 23 heavy (non-hydrogen) atoms. The Kier molecular flexibility index (Phi) is 4.92. The number of thiophene rings is 1.